The summed E-state index contributed by atoms with van der Waals surface area (Å²) < 4.78 is 30.4. The van der Waals surface area contributed by atoms with E-state index in [0.717, 1.165) is 16.6 Å². The highest BCUT2D eigenvalue weighted by atomic mass is 19.3. The van der Waals surface area contributed by atoms with Crippen LogP contribution in [0.25, 0.3) is 22.4 Å². The highest BCUT2D eigenvalue weighted by molar-refractivity contribution is 5.72. The number of alkyl halides is 2. The third-order valence-electron chi connectivity index (χ3n) is 3.74. The first-order valence-corrected chi connectivity index (χ1v) is 7.82. The number of pyridine rings is 1. The summed E-state index contributed by atoms with van der Waals surface area (Å²) >= 11 is 0. The molecular weight excluding hydrogens is 340 g/mol. The first-order chi connectivity index (χ1) is 12.7. The quantitative estimate of drug-likeness (QED) is 0.549. The molecule has 6 nitrogen and oxygen atoms in total. The van der Waals surface area contributed by atoms with Gasteiger partial charge in [-0.1, -0.05) is 12.1 Å². The van der Waals surface area contributed by atoms with Crippen molar-refractivity contribution in [1.29, 1.82) is 0 Å². The smallest absolute Gasteiger partial charge is 0.387 e. The molecule has 3 aromatic heterocycles. The number of rotatable bonds is 5. The molecule has 1 aromatic carbocycles. The highest BCUT2D eigenvalue weighted by Crippen LogP contribution is 2.19. The van der Waals surface area contributed by atoms with Crippen LogP contribution in [-0.4, -0.2) is 31.3 Å². The lowest BCUT2D eigenvalue weighted by atomic mass is 10.2. The summed E-state index contributed by atoms with van der Waals surface area (Å²) in [6.07, 6.45) is 6.91. The van der Waals surface area contributed by atoms with Crippen LogP contribution in [0.5, 0.6) is 5.75 Å². The fourth-order valence-electron chi connectivity index (χ4n) is 2.53. The maximum atomic E-state index is 12.2. The van der Waals surface area contributed by atoms with Crippen LogP contribution in [0.4, 0.5) is 8.78 Å². The number of hydrogen-bond acceptors (Lipinski definition) is 5. The van der Waals surface area contributed by atoms with Gasteiger partial charge in [0.15, 0.2) is 5.65 Å². The molecule has 0 unspecified atom stereocenters. The number of hydrogen-bond donors (Lipinski definition) is 0. The molecule has 0 atom stereocenters. The summed E-state index contributed by atoms with van der Waals surface area (Å²) in [6, 6.07) is 10.1. The molecule has 0 saturated carbocycles. The minimum Gasteiger partial charge on any atom is -0.435 e. The molecule has 0 bridgehead atoms. The zero-order valence-corrected chi connectivity index (χ0v) is 13.5. The molecule has 3 heterocycles. The van der Waals surface area contributed by atoms with Crippen molar-refractivity contribution in [1.82, 2.24) is 24.7 Å². The van der Waals surface area contributed by atoms with E-state index >= 15 is 0 Å². The molecule has 26 heavy (non-hydrogen) atoms. The molecule has 0 N–H and O–H groups in total. The third-order valence-corrected chi connectivity index (χ3v) is 3.74. The Bertz CT molecular complexity index is 1030. The molecule has 0 saturated heterocycles. The third kappa shape index (κ3) is 3.49. The Labute approximate surface area is 147 Å². The lowest BCUT2D eigenvalue weighted by Gasteiger charge is -2.06. The van der Waals surface area contributed by atoms with Gasteiger partial charge in [-0.25, -0.2) is 9.97 Å². The molecule has 0 aliphatic carbocycles. The van der Waals surface area contributed by atoms with Crippen LogP contribution in [0.15, 0.2) is 61.2 Å². The van der Waals surface area contributed by atoms with E-state index in [4.69, 9.17) is 0 Å². The fourth-order valence-corrected chi connectivity index (χ4v) is 2.53. The molecule has 8 heteroatoms. The van der Waals surface area contributed by atoms with E-state index in [1.165, 1.54) is 12.1 Å². The number of benzene rings is 1. The molecule has 0 amide bonds. The standard InChI is InChI=1S/C18H13F2N5O/c19-18(20)26-14-5-3-12(4-6-14)10-25-11-13(8-23-25)16-9-22-15-2-1-7-21-17(15)24-16/h1-9,11,18H,10H2. The number of aromatic nitrogens is 5. The van der Waals surface area contributed by atoms with Crippen LogP contribution < -0.4 is 4.74 Å². The predicted molar refractivity (Wildman–Crippen MR) is 90.7 cm³/mol. The van der Waals surface area contributed by atoms with Gasteiger partial charge in [0.05, 0.1) is 24.6 Å². The zero-order chi connectivity index (χ0) is 17.9. The first kappa shape index (κ1) is 16.1. The summed E-state index contributed by atoms with van der Waals surface area (Å²) in [5, 5.41) is 4.32. The fraction of sp³-hybridized carbons (Fsp3) is 0.111. The molecular formula is C18H13F2N5O. The Hall–Kier alpha value is -3.42. The van der Waals surface area contributed by atoms with E-state index in [0.29, 0.717) is 17.9 Å². The van der Waals surface area contributed by atoms with Gasteiger partial charge >= 0.3 is 6.61 Å². The van der Waals surface area contributed by atoms with E-state index in [2.05, 4.69) is 24.8 Å². The minimum absolute atomic E-state index is 0.129. The van der Waals surface area contributed by atoms with Crippen molar-refractivity contribution < 1.29 is 13.5 Å². The van der Waals surface area contributed by atoms with E-state index in [1.54, 1.807) is 35.4 Å². The molecule has 0 aliphatic rings. The van der Waals surface area contributed by atoms with Crippen LogP contribution in [-0.2, 0) is 6.54 Å². The molecule has 130 valence electrons. The Morgan fingerprint density at radius 3 is 2.69 bits per heavy atom. The number of ether oxygens (including phenoxy) is 1. The van der Waals surface area contributed by atoms with Crippen LogP contribution in [0, 0.1) is 0 Å². The normalized spacial score (nSPS) is 11.2. The van der Waals surface area contributed by atoms with Gasteiger partial charge in [0, 0.05) is 18.0 Å². The molecule has 0 aliphatic heterocycles. The number of fused-ring (bicyclic) bond motifs is 1. The van der Waals surface area contributed by atoms with Gasteiger partial charge in [-0.3, -0.25) is 9.67 Å². The van der Waals surface area contributed by atoms with Crippen molar-refractivity contribution >= 4 is 11.2 Å². The molecule has 0 spiro atoms. The molecule has 4 rings (SSSR count). The van der Waals surface area contributed by atoms with E-state index in [9.17, 15) is 8.78 Å². The second-order valence-corrected chi connectivity index (χ2v) is 5.55. The summed E-state index contributed by atoms with van der Waals surface area (Å²) in [5.41, 5.74) is 3.72. The molecule has 0 fully saturated rings. The van der Waals surface area contributed by atoms with Crippen LogP contribution in [0.3, 0.4) is 0 Å². The van der Waals surface area contributed by atoms with Crippen molar-refractivity contribution in [3.05, 3.63) is 66.7 Å². The van der Waals surface area contributed by atoms with Crippen molar-refractivity contribution in [3.63, 3.8) is 0 Å². The van der Waals surface area contributed by atoms with Crippen LogP contribution in [0.1, 0.15) is 5.56 Å². The van der Waals surface area contributed by atoms with Crippen LogP contribution in [0.2, 0.25) is 0 Å². The predicted octanol–water partition coefficient (Wildman–Crippen LogP) is 3.54. The first-order valence-electron chi connectivity index (χ1n) is 7.82. The summed E-state index contributed by atoms with van der Waals surface area (Å²) in [6.45, 7) is -2.33. The Balaban J connectivity index is 1.52. The van der Waals surface area contributed by atoms with Crippen molar-refractivity contribution in [2.45, 2.75) is 13.2 Å². The molecule has 4 aromatic rings. The Morgan fingerprint density at radius 2 is 1.88 bits per heavy atom. The summed E-state index contributed by atoms with van der Waals surface area (Å²) in [4.78, 5) is 13.0. The van der Waals surface area contributed by atoms with Gasteiger partial charge in [0.1, 0.15) is 11.3 Å². The SMILES string of the molecule is FC(F)Oc1ccc(Cn2cc(-c3cnc4cccnc4n3)cn2)cc1. The largest absolute Gasteiger partial charge is 0.435 e. The maximum Gasteiger partial charge on any atom is 0.387 e. The van der Waals surface area contributed by atoms with Crippen molar-refractivity contribution in [2.75, 3.05) is 0 Å². The van der Waals surface area contributed by atoms with Crippen molar-refractivity contribution in [3.8, 4) is 17.0 Å². The second-order valence-electron chi connectivity index (χ2n) is 5.55. The Kier molecular flexibility index (Phi) is 4.22. The Morgan fingerprint density at radius 1 is 1.04 bits per heavy atom. The average molecular weight is 353 g/mol. The summed E-state index contributed by atoms with van der Waals surface area (Å²) in [7, 11) is 0. The van der Waals surface area contributed by atoms with Gasteiger partial charge in [-0.2, -0.15) is 13.9 Å². The lowest BCUT2D eigenvalue weighted by Crippen LogP contribution is -2.03. The highest BCUT2D eigenvalue weighted by Gasteiger charge is 2.07. The summed E-state index contributed by atoms with van der Waals surface area (Å²) in [5.74, 6) is 0.129. The van der Waals surface area contributed by atoms with E-state index < -0.39 is 6.61 Å². The number of nitrogens with zero attached hydrogens (tertiary/aromatic N) is 5. The van der Waals surface area contributed by atoms with Gasteiger partial charge in [0.25, 0.3) is 0 Å². The lowest BCUT2D eigenvalue weighted by molar-refractivity contribution is -0.0498. The maximum absolute atomic E-state index is 12.2. The minimum atomic E-state index is -2.83. The van der Waals surface area contributed by atoms with Crippen molar-refractivity contribution in [2.24, 2.45) is 0 Å². The average Bonchev–Trinajstić information content (AvgIpc) is 3.11. The second kappa shape index (κ2) is 6.83. The topological polar surface area (TPSA) is 65.7 Å². The van der Waals surface area contributed by atoms with Gasteiger partial charge < -0.3 is 4.74 Å². The van der Waals surface area contributed by atoms with Gasteiger partial charge in [-0.15, -0.1) is 0 Å². The van der Waals surface area contributed by atoms with E-state index in [-0.39, 0.29) is 5.75 Å². The van der Waals surface area contributed by atoms with Crippen LogP contribution >= 0.6 is 0 Å². The zero-order valence-electron chi connectivity index (χ0n) is 13.5. The van der Waals surface area contributed by atoms with Gasteiger partial charge in [0.2, 0.25) is 0 Å². The molecule has 0 radical (unpaired) electrons. The monoisotopic (exact) mass is 353 g/mol. The van der Waals surface area contributed by atoms with Gasteiger partial charge in [-0.05, 0) is 29.8 Å². The van der Waals surface area contributed by atoms with E-state index in [1.807, 2.05) is 18.3 Å². The number of halogens is 2.